The van der Waals surface area contributed by atoms with Crippen LogP contribution in [-0.2, 0) is 0 Å². The molecule has 3 rings (SSSR count). The average Bonchev–Trinajstić information content (AvgIpc) is 2.59. The van der Waals surface area contributed by atoms with E-state index in [2.05, 4.69) is 5.32 Å². The van der Waals surface area contributed by atoms with Gasteiger partial charge in [-0.2, -0.15) is 0 Å². The van der Waals surface area contributed by atoms with Crippen molar-refractivity contribution in [3.05, 3.63) is 83.9 Å². The van der Waals surface area contributed by atoms with Gasteiger partial charge in [-0.25, -0.2) is 0 Å². The van der Waals surface area contributed by atoms with Crippen molar-refractivity contribution >= 4 is 17.3 Å². The fourth-order valence-electron chi connectivity index (χ4n) is 2.19. The number of hydrogen-bond acceptors (Lipinski definition) is 3. The molecule has 0 spiro atoms. The molecule has 4 nitrogen and oxygen atoms in total. The van der Waals surface area contributed by atoms with E-state index in [1.807, 2.05) is 43.3 Å². The summed E-state index contributed by atoms with van der Waals surface area (Å²) in [6.45, 7) is 2.03. The van der Waals surface area contributed by atoms with Gasteiger partial charge in [0.1, 0.15) is 11.5 Å². The van der Waals surface area contributed by atoms with Crippen LogP contribution < -0.4 is 15.8 Å². The Morgan fingerprint density at radius 2 is 1.38 bits per heavy atom. The summed E-state index contributed by atoms with van der Waals surface area (Å²) in [6, 6.07) is 21.9. The van der Waals surface area contributed by atoms with E-state index in [0.717, 1.165) is 5.75 Å². The van der Waals surface area contributed by atoms with Gasteiger partial charge in [0.2, 0.25) is 0 Å². The maximum Gasteiger partial charge on any atom is 0.255 e. The van der Waals surface area contributed by atoms with Crippen molar-refractivity contribution in [1.29, 1.82) is 0 Å². The molecule has 120 valence electrons. The van der Waals surface area contributed by atoms with Crippen LogP contribution in [0.2, 0.25) is 0 Å². The van der Waals surface area contributed by atoms with Gasteiger partial charge in [-0.1, -0.05) is 17.7 Å². The monoisotopic (exact) mass is 318 g/mol. The van der Waals surface area contributed by atoms with Gasteiger partial charge in [0, 0.05) is 16.9 Å². The van der Waals surface area contributed by atoms with Gasteiger partial charge in [0.05, 0.1) is 0 Å². The Bertz CT molecular complexity index is 823. The minimum Gasteiger partial charge on any atom is -0.457 e. The number of carbonyl (C=O) groups is 1. The molecule has 1 amide bonds. The van der Waals surface area contributed by atoms with Crippen LogP contribution in [-0.4, -0.2) is 5.91 Å². The molecule has 4 heteroatoms. The van der Waals surface area contributed by atoms with Gasteiger partial charge in [0.25, 0.3) is 5.91 Å². The summed E-state index contributed by atoms with van der Waals surface area (Å²) in [4.78, 5) is 12.2. The molecule has 0 aliphatic carbocycles. The zero-order valence-corrected chi connectivity index (χ0v) is 13.3. The Hall–Kier alpha value is -3.27. The van der Waals surface area contributed by atoms with Gasteiger partial charge in [0.15, 0.2) is 0 Å². The number of amides is 1. The second-order valence-electron chi connectivity index (χ2n) is 5.52. The summed E-state index contributed by atoms with van der Waals surface area (Å²) < 4.78 is 5.76. The van der Waals surface area contributed by atoms with Crippen LogP contribution >= 0.6 is 0 Å². The molecular weight excluding hydrogens is 300 g/mol. The molecule has 3 N–H and O–H groups in total. The Morgan fingerprint density at radius 3 is 1.96 bits per heavy atom. The van der Waals surface area contributed by atoms with Crippen LogP contribution in [0.3, 0.4) is 0 Å². The fourth-order valence-corrected chi connectivity index (χ4v) is 2.19. The Morgan fingerprint density at radius 1 is 0.833 bits per heavy atom. The molecule has 0 aromatic heterocycles. The smallest absolute Gasteiger partial charge is 0.255 e. The molecule has 0 atom stereocenters. The molecule has 0 saturated heterocycles. The van der Waals surface area contributed by atoms with Crippen LogP contribution in [0.1, 0.15) is 15.9 Å². The quantitative estimate of drug-likeness (QED) is 0.690. The Kier molecular flexibility index (Phi) is 4.47. The van der Waals surface area contributed by atoms with Gasteiger partial charge in [-0.3, -0.25) is 4.79 Å². The lowest BCUT2D eigenvalue weighted by molar-refractivity contribution is 0.102. The first-order chi connectivity index (χ1) is 11.6. The van der Waals surface area contributed by atoms with E-state index in [1.54, 1.807) is 36.4 Å². The molecule has 3 aromatic carbocycles. The van der Waals surface area contributed by atoms with E-state index >= 15 is 0 Å². The molecule has 0 aliphatic rings. The molecule has 0 saturated carbocycles. The molecule has 0 bridgehead atoms. The molecule has 0 fully saturated rings. The molecular formula is C20H18N2O2. The lowest BCUT2D eigenvalue weighted by Crippen LogP contribution is -2.11. The molecule has 0 heterocycles. The van der Waals surface area contributed by atoms with Crippen molar-refractivity contribution in [3.8, 4) is 11.5 Å². The third-order valence-electron chi connectivity index (χ3n) is 3.54. The third kappa shape index (κ3) is 3.93. The highest BCUT2D eigenvalue weighted by atomic mass is 16.5. The first-order valence-electron chi connectivity index (χ1n) is 7.62. The summed E-state index contributed by atoms with van der Waals surface area (Å²) in [5.41, 5.74) is 8.70. The van der Waals surface area contributed by atoms with Gasteiger partial charge < -0.3 is 15.8 Å². The van der Waals surface area contributed by atoms with E-state index in [-0.39, 0.29) is 5.91 Å². The molecule has 0 unspecified atom stereocenters. The number of ether oxygens (including phenoxy) is 1. The average molecular weight is 318 g/mol. The summed E-state index contributed by atoms with van der Waals surface area (Å²) in [5, 5.41) is 2.84. The number of nitrogens with one attached hydrogen (secondary N) is 1. The molecule has 0 radical (unpaired) electrons. The van der Waals surface area contributed by atoms with Gasteiger partial charge >= 0.3 is 0 Å². The zero-order valence-electron chi connectivity index (χ0n) is 13.3. The SMILES string of the molecule is Cc1ccc(Oc2ccc(NC(=O)c3ccc(N)cc3)cc2)cc1. The lowest BCUT2D eigenvalue weighted by atomic mass is 10.2. The molecule has 24 heavy (non-hydrogen) atoms. The first-order valence-corrected chi connectivity index (χ1v) is 7.62. The van der Waals surface area contributed by atoms with E-state index in [9.17, 15) is 4.79 Å². The zero-order chi connectivity index (χ0) is 16.9. The van der Waals surface area contributed by atoms with E-state index in [1.165, 1.54) is 5.56 Å². The minimum absolute atomic E-state index is 0.179. The second-order valence-corrected chi connectivity index (χ2v) is 5.52. The third-order valence-corrected chi connectivity index (χ3v) is 3.54. The highest BCUT2D eigenvalue weighted by molar-refractivity contribution is 6.04. The molecule has 0 aliphatic heterocycles. The number of rotatable bonds is 4. The number of nitrogen functional groups attached to an aromatic ring is 1. The van der Waals surface area contributed by atoms with Crippen molar-refractivity contribution in [2.75, 3.05) is 11.1 Å². The number of anilines is 2. The van der Waals surface area contributed by atoms with Crippen molar-refractivity contribution in [1.82, 2.24) is 0 Å². The first kappa shape index (κ1) is 15.6. The summed E-state index contributed by atoms with van der Waals surface area (Å²) in [5.74, 6) is 1.31. The number of carbonyl (C=O) groups excluding carboxylic acids is 1. The predicted octanol–water partition coefficient (Wildman–Crippen LogP) is 4.62. The fraction of sp³-hybridized carbons (Fsp3) is 0.0500. The highest BCUT2D eigenvalue weighted by Crippen LogP contribution is 2.23. The lowest BCUT2D eigenvalue weighted by Gasteiger charge is -2.08. The molecule has 3 aromatic rings. The number of hydrogen-bond donors (Lipinski definition) is 2. The van der Waals surface area contributed by atoms with Gasteiger partial charge in [-0.05, 0) is 67.6 Å². The van der Waals surface area contributed by atoms with E-state index < -0.39 is 0 Å². The summed E-state index contributed by atoms with van der Waals surface area (Å²) >= 11 is 0. The maximum absolute atomic E-state index is 12.2. The predicted molar refractivity (Wildman–Crippen MR) is 96.5 cm³/mol. The van der Waals surface area contributed by atoms with Crippen LogP contribution in [0.15, 0.2) is 72.8 Å². The van der Waals surface area contributed by atoms with Gasteiger partial charge in [-0.15, -0.1) is 0 Å². The van der Waals surface area contributed by atoms with Crippen LogP contribution in [0.5, 0.6) is 11.5 Å². The van der Waals surface area contributed by atoms with Crippen LogP contribution in [0.25, 0.3) is 0 Å². The summed E-state index contributed by atoms with van der Waals surface area (Å²) in [7, 11) is 0. The largest absolute Gasteiger partial charge is 0.457 e. The van der Waals surface area contributed by atoms with E-state index in [0.29, 0.717) is 22.7 Å². The number of aryl methyl sites for hydroxylation is 1. The standard InChI is InChI=1S/C20H18N2O2/c1-14-2-10-18(11-3-14)24-19-12-8-17(9-13-19)22-20(23)15-4-6-16(21)7-5-15/h2-13H,21H2,1H3,(H,22,23). The van der Waals surface area contributed by atoms with Crippen molar-refractivity contribution in [2.45, 2.75) is 6.92 Å². The number of nitrogens with two attached hydrogens (primary N) is 1. The van der Waals surface area contributed by atoms with Crippen molar-refractivity contribution in [3.63, 3.8) is 0 Å². The number of benzene rings is 3. The maximum atomic E-state index is 12.2. The Labute approximate surface area is 140 Å². The Balaban J connectivity index is 1.64. The van der Waals surface area contributed by atoms with Crippen LogP contribution in [0.4, 0.5) is 11.4 Å². The minimum atomic E-state index is -0.179. The normalized spacial score (nSPS) is 10.2. The van der Waals surface area contributed by atoms with Crippen molar-refractivity contribution < 1.29 is 9.53 Å². The topological polar surface area (TPSA) is 64.3 Å². The summed E-state index contributed by atoms with van der Waals surface area (Å²) in [6.07, 6.45) is 0. The van der Waals surface area contributed by atoms with Crippen LogP contribution in [0, 0.1) is 6.92 Å². The van der Waals surface area contributed by atoms with Crippen molar-refractivity contribution in [2.24, 2.45) is 0 Å². The highest BCUT2D eigenvalue weighted by Gasteiger charge is 2.06. The van der Waals surface area contributed by atoms with E-state index in [4.69, 9.17) is 10.5 Å². The second kappa shape index (κ2) is 6.87.